The lowest BCUT2D eigenvalue weighted by Crippen LogP contribution is -2.13. The highest BCUT2D eigenvalue weighted by Gasteiger charge is 2.14. The van der Waals surface area contributed by atoms with Crippen LogP contribution in [0.3, 0.4) is 0 Å². The van der Waals surface area contributed by atoms with E-state index in [2.05, 4.69) is 15.6 Å². The number of carbonyl (C=O) groups is 1. The number of hydrogen-bond donors (Lipinski definition) is 1. The first-order valence-corrected chi connectivity index (χ1v) is 6.50. The summed E-state index contributed by atoms with van der Waals surface area (Å²) in [5, 5.41) is 19.0. The van der Waals surface area contributed by atoms with Gasteiger partial charge in [-0.1, -0.05) is 35.5 Å². The van der Waals surface area contributed by atoms with Gasteiger partial charge in [-0.25, -0.2) is 0 Å². The highest BCUT2D eigenvalue weighted by Crippen LogP contribution is 2.20. The predicted octanol–water partition coefficient (Wildman–Crippen LogP) is 2.31. The third kappa shape index (κ3) is 2.86. The molecule has 0 saturated carbocycles. The van der Waals surface area contributed by atoms with Crippen LogP contribution in [0.25, 0.3) is 11.3 Å². The van der Waals surface area contributed by atoms with Gasteiger partial charge in [-0.05, 0) is 0 Å². The lowest BCUT2D eigenvalue weighted by atomic mass is 10.1. The molecule has 0 saturated heterocycles. The van der Waals surface area contributed by atoms with Crippen LogP contribution in [-0.4, -0.2) is 20.8 Å². The summed E-state index contributed by atoms with van der Waals surface area (Å²) in [6.07, 6.45) is 1.61. The Hall–Kier alpha value is -3.40. The Morgan fingerprint density at radius 3 is 2.91 bits per heavy atom. The molecule has 7 nitrogen and oxygen atoms in total. The topological polar surface area (TPSA) is 96.7 Å². The van der Waals surface area contributed by atoms with Gasteiger partial charge in [0.05, 0.1) is 6.07 Å². The fraction of sp³-hybridized carbons (Fsp3) is 0.0667. The highest BCUT2D eigenvalue weighted by molar-refractivity contribution is 6.02. The molecule has 2 aromatic heterocycles. The normalized spacial score (nSPS) is 10.1. The van der Waals surface area contributed by atoms with Crippen molar-refractivity contribution in [2.75, 3.05) is 5.32 Å². The lowest BCUT2D eigenvalue weighted by molar-refractivity contribution is 0.101. The molecule has 0 unspecified atom stereocenters. The number of nitriles is 1. The Morgan fingerprint density at radius 2 is 2.14 bits per heavy atom. The molecule has 3 aromatic rings. The van der Waals surface area contributed by atoms with E-state index >= 15 is 0 Å². The number of nitrogens with zero attached hydrogens (tertiary/aromatic N) is 4. The zero-order valence-electron chi connectivity index (χ0n) is 11.4. The van der Waals surface area contributed by atoms with Crippen molar-refractivity contribution in [2.45, 2.75) is 6.54 Å². The van der Waals surface area contributed by atoms with Crippen LogP contribution < -0.4 is 5.32 Å². The van der Waals surface area contributed by atoms with E-state index < -0.39 is 5.91 Å². The monoisotopic (exact) mass is 293 g/mol. The van der Waals surface area contributed by atoms with Gasteiger partial charge in [-0.15, -0.1) is 0 Å². The molecule has 0 aliphatic rings. The Labute approximate surface area is 125 Å². The van der Waals surface area contributed by atoms with E-state index in [0.717, 1.165) is 5.56 Å². The van der Waals surface area contributed by atoms with Gasteiger partial charge in [0.2, 0.25) is 0 Å². The van der Waals surface area contributed by atoms with Crippen molar-refractivity contribution in [2.24, 2.45) is 0 Å². The standard InChI is InChI=1S/C15H11N5O2/c16-7-9-20-8-6-14(18-20)17-15(21)12-10-13(22-19-12)11-4-2-1-3-5-11/h1-6,8,10H,9H2,(H,17,18,21). The summed E-state index contributed by atoms with van der Waals surface area (Å²) in [6, 6.07) is 14.5. The second-order valence-corrected chi connectivity index (χ2v) is 4.45. The van der Waals surface area contributed by atoms with Crippen LogP contribution in [0.2, 0.25) is 0 Å². The van der Waals surface area contributed by atoms with Crippen molar-refractivity contribution in [1.29, 1.82) is 5.26 Å². The maximum Gasteiger partial charge on any atom is 0.279 e. The fourth-order valence-electron chi connectivity index (χ4n) is 1.89. The van der Waals surface area contributed by atoms with Crippen LogP contribution in [-0.2, 0) is 6.54 Å². The smallest absolute Gasteiger partial charge is 0.279 e. The second kappa shape index (κ2) is 5.93. The zero-order chi connectivity index (χ0) is 15.4. The number of nitrogens with one attached hydrogen (secondary N) is 1. The molecule has 7 heteroatoms. The van der Waals surface area contributed by atoms with Crippen LogP contribution >= 0.6 is 0 Å². The third-order valence-electron chi connectivity index (χ3n) is 2.92. The molecule has 2 heterocycles. The van der Waals surface area contributed by atoms with E-state index in [0.29, 0.717) is 11.6 Å². The Bertz CT molecular complexity index is 829. The molecule has 1 aromatic carbocycles. The van der Waals surface area contributed by atoms with Crippen molar-refractivity contribution in [1.82, 2.24) is 14.9 Å². The van der Waals surface area contributed by atoms with Gasteiger partial charge in [0.15, 0.2) is 17.3 Å². The van der Waals surface area contributed by atoms with Gasteiger partial charge in [0.25, 0.3) is 5.91 Å². The summed E-state index contributed by atoms with van der Waals surface area (Å²) in [4.78, 5) is 12.1. The second-order valence-electron chi connectivity index (χ2n) is 4.45. The molecule has 0 spiro atoms. The number of carbonyl (C=O) groups excluding carboxylic acids is 1. The summed E-state index contributed by atoms with van der Waals surface area (Å²) in [7, 11) is 0. The van der Waals surface area contributed by atoms with Gasteiger partial charge in [-0.2, -0.15) is 10.4 Å². The maximum atomic E-state index is 12.1. The minimum absolute atomic E-state index is 0.123. The van der Waals surface area contributed by atoms with Crippen LogP contribution in [0.4, 0.5) is 5.82 Å². The number of rotatable bonds is 4. The molecule has 0 bridgehead atoms. The van der Waals surface area contributed by atoms with E-state index in [-0.39, 0.29) is 12.2 Å². The number of amides is 1. The molecular weight excluding hydrogens is 282 g/mol. The average Bonchev–Trinajstić information content (AvgIpc) is 3.18. The minimum Gasteiger partial charge on any atom is -0.355 e. The Balaban J connectivity index is 1.73. The van der Waals surface area contributed by atoms with Crippen LogP contribution in [0.1, 0.15) is 10.5 Å². The van der Waals surface area contributed by atoms with Crippen LogP contribution in [0.5, 0.6) is 0 Å². The number of hydrogen-bond acceptors (Lipinski definition) is 5. The fourth-order valence-corrected chi connectivity index (χ4v) is 1.89. The molecule has 1 amide bonds. The van der Waals surface area contributed by atoms with Gasteiger partial charge in [-0.3, -0.25) is 9.48 Å². The number of anilines is 1. The molecule has 22 heavy (non-hydrogen) atoms. The largest absolute Gasteiger partial charge is 0.355 e. The molecule has 0 aliphatic carbocycles. The first-order chi connectivity index (χ1) is 10.8. The summed E-state index contributed by atoms with van der Waals surface area (Å²) >= 11 is 0. The molecular formula is C15H11N5O2. The van der Waals surface area contributed by atoms with Gasteiger partial charge < -0.3 is 9.84 Å². The van der Waals surface area contributed by atoms with Crippen molar-refractivity contribution >= 4 is 11.7 Å². The summed E-state index contributed by atoms with van der Waals surface area (Å²) in [6.45, 7) is 0.123. The van der Waals surface area contributed by atoms with E-state index in [9.17, 15) is 4.79 Å². The van der Waals surface area contributed by atoms with Gasteiger partial charge >= 0.3 is 0 Å². The molecule has 0 radical (unpaired) electrons. The Kier molecular flexibility index (Phi) is 3.66. The van der Waals surface area contributed by atoms with E-state index in [1.54, 1.807) is 18.3 Å². The molecule has 0 fully saturated rings. The Morgan fingerprint density at radius 1 is 1.32 bits per heavy atom. The van der Waals surface area contributed by atoms with E-state index in [1.165, 1.54) is 4.68 Å². The zero-order valence-corrected chi connectivity index (χ0v) is 11.4. The first kappa shape index (κ1) is 13.6. The molecule has 0 aliphatic heterocycles. The van der Waals surface area contributed by atoms with Crippen LogP contribution in [0, 0.1) is 11.3 Å². The van der Waals surface area contributed by atoms with E-state index in [4.69, 9.17) is 9.78 Å². The highest BCUT2D eigenvalue weighted by atomic mass is 16.5. The number of benzene rings is 1. The molecule has 3 rings (SSSR count). The third-order valence-corrected chi connectivity index (χ3v) is 2.92. The van der Waals surface area contributed by atoms with Gasteiger partial charge in [0, 0.05) is 23.9 Å². The molecule has 0 atom stereocenters. The van der Waals surface area contributed by atoms with Crippen molar-refractivity contribution in [3.63, 3.8) is 0 Å². The van der Waals surface area contributed by atoms with Crippen molar-refractivity contribution in [3.05, 3.63) is 54.4 Å². The van der Waals surface area contributed by atoms with E-state index in [1.807, 2.05) is 36.4 Å². The molecule has 1 N–H and O–H groups in total. The summed E-state index contributed by atoms with van der Waals surface area (Å²) < 4.78 is 6.60. The minimum atomic E-state index is -0.423. The first-order valence-electron chi connectivity index (χ1n) is 6.50. The van der Waals surface area contributed by atoms with Crippen molar-refractivity contribution < 1.29 is 9.32 Å². The van der Waals surface area contributed by atoms with Gasteiger partial charge in [0.1, 0.15) is 6.54 Å². The predicted molar refractivity (Wildman–Crippen MR) is 77.7 cm³/mol. The van der Waals surface area contributed by atoms with Crippen LogP contribution in [0.15, 0.2) is 53.2 Å². The summed E-state index contributed by atoms with van der Waals surface area (Å²) in [5.41, 5.74) is 1.00. The number of aromatic nitrogens is 3. The van der Waals surface area contributed by atoms with Crippen molar-refractivity contribution in [3.8, 4) is 17.4 Å². The lowest BCUT2D eigenvalue weighted by Gasteiger charge is -1.97. The quantitative estimate of drug-likeness (QED) is 0.796. The maximum absolute atomic E-state index is 12.1. The SMILES string of the molecule is N#CCn1ccc(NC(=O)c2cc(-c3ccccc3)on2)n1. The summed E-state index contributed by atoms with van der Waals surface area (Å²) in [5.74, 6) is 0.443. The average molecular weight is 293 g/mol. The molecule has 108 valence electrons.